The van der Waals surface area contributed by atoms with Crippen molar-refractivity contribution < 1.29 is 18.6 Å². The van der Waals surface area contributed by atoms with E-state index in [1.54, 1.807) is 0 Å². The summed E-state index contributed by atoms with van der Waals surface area (Å²) >= 11 is 0. The molecule has 0 radical (unpaired) electrons. The summed E-state index contributed by atoms with van der Waals surface area (Å²) < 4.78 is 31.6. The van der Waals surface area contributed by atoms with E-state index in [1.807, 2.05) is 24.3 Å². The third-order valence-corrected chi connectivity index (χ3v) is 3.63. The number of halogens is 2. The van der Waals surface area contributed by atoms with Gasteiger partial charge in [-0.1, -0.05) is 24.3 Å². The highest BCUT2D eigenvalue weighted by atomic mass is 19.2. The topological polar surface area (TPSA) is 29.5 Å². The van der Waals surface area contributed by atoms with E-state index in [1.165, 1.54) is 6.07 Å². The van der Waals surface area contributed by atoms with E-state index in [0.29, 0.717) is 12.2 Å². The lowest BCUT2D eigenvalue weighted by atomic mass is 9.91. The van der Waals surface area contributed by atoms with Crippen LogP contribution in [0, 0.1) is 11.6 Å². The fourth-order valence-corrected chi connectivity index (χ4v) is 2.56. The van der Waals surface area contributed by atoms with E-state index in [2.05, 4.69) is 0 Å². The first-order valence-corrected chi connectivity index (χ1v) is 6.49. The molecule has 0 aromatic heterocycles. The molecule has 1 N–H and O–H groups in total. The summed E-state index contributed by atoms with van der Waals surface area (Å²) in [5.74, 6) is -1.13. The Bertz CT molecular complexity index is 628. The van der Waals surface area contributed by atoms with Gasteiger partial charge in [-0.2, -0.15) is 0 Å². The van der Waals surface area contributed by atoms with Gasteiger partial charge in [0.2, 0.25) is 0 Å². The molecule has 20 heavy (non-hydrogen) atoms. The van der Waals surface area contributed by atoms with Crippen molar-refractivity contribution in [2.45, 2.75) is 18.4 Å². The molecule has 0 amide bonds. The lowest BCUT2D eigenvalue weighted by Crippen LogP contribution is -2.22. The molecule has 0 saturated heterocycles. The average Bonchev–Trinajstić information content (AvgIpc) is 2.87. The zero-order valence-corrected chi connectivity index (χ0v) is 10.7. The summed E-state index contributed by atoms with van der Waals surface area (Å²) in [7, 11) is 0. The molecule has 0 aliphatic carbocycles. The van der Waals surface area contributed by atoms with Crippen LogP contribution in [-0.4, -0.2) is 17.8 Å². The Morgan fingerprint density at radius 3 is 2.75 bits per heavy atom. The van der Waals surface area contributed by atoms with Gasteiger partial charge in [0.15, 0.2) is 11.6 Å². The van der Waals surface area contributed by atoms with Gasteiger partial charge in [0.05, 0.1) is 12.7 Å². The van der Waals surface area contributed by atoms with Gasteiger partial charge in [-0.25, -0.2) is 8.78 Å². The lowest BCUT2D eigenvalue weighted by Gasteiger charge is -2.17. The zero-order chi connectivity index (χ0) is 14.1. The number of aliphatic hydroxyl groups is 1. The summed E-state index contributed by atoms with van der Waals surface area (Å²) in [6.07, 6.45) is -0.428. The van der Waals surface area contributed by atoms with Gasteiger partial charge in [-0.3, -0.25) is 0 Å². The number of rotatable bonds is 3. The predicted molar refractivity (Wildman–Crippen MR) is 70.7 cm³/mol. The highest BCUT2D eigenvalue weighted by Gasteiger charge is 2.30. The molecule has 0 saturated carbocycles. The van der Waals surface area contributed by atoms with Crippen LogP contribution in [0.25, 0.3) is 0 Å². The molecular weight excluding hydrogens is 262 g/mol. The number of hydrogen-bond donors (Lipinski definition) is 1. The summed E-state index contributed by atoms with van der Waals surface area (Å²) in [5, 5.41) is 10.3. The first-order valence-electron chi connectivity index (χ1n) is 6.49. The number of hydrogen-bond acceptors (Lipinski definition) is 2. The van der Waals surface area contributed by atoms with Gasteiger partial charge in [0, 0.05) is 11.5 Å². The van der Waals surface area contributed by atoms with Crippen LogP contribution in [0.3, 0.4) is 0 Å². The Morgan fingerprint density at radius 1 is 1.15 bits per heavy atom. The molecule has 2 aromatic carbocycles. The van der Waals surface area contributed by atoms with Crippen molar-refractivity contribution in [3.63, 3.8) is 0 Å². The molecule has 2 unspecified atom stereocenters. The summed E-state index contributed by atoms with van der Waals surface area (Å²) in [4.78, 5) is 0. The number of fused-ring (bicyclic) bond motifs is 1. The number of para-hydroxylation sites is 1. The van der Waals surface area contributed by atoms with Gasteiger partial charge in [-0.15, -0.1) is 0 Å². The predicted octanol–water partition coefficient (Wildman–Crippen LogP) is 3.04. The maximum Gasteiger partial charge on any atom is 0.159 e. The molecule has 0 bridgehead atoms. The van der Waals surface area contributed by atoms with Crippen molar-refractivity contribution in [3.05, 3.63) is 65.2 Å². The largest absolute Gasteiger partial charge is 0.493 e. The van der Waals surface area contributed by atoms with E-state index in [9.17, 15) is 13.9 Å². The van der Waals surface area contributed by atoms with Crippen molar-refractivity contribution >= 4 is 0 Å². The van der Waals surface area contributed by atoms with E-state index in [0.717, 1.165) is 23.4 Å². The molecule has 1 aliphatic heterocycles. The van der Waals surface area contributed by atoms with E-state index < -0.39 is 17.7 Å². The Morgan fingerprint density at radius 2 is 1.95 bits per heavy atom. The van der Waals surface area contributed by atoms with Crippen molar-refractivity contribution in [2.75, 3.05) is 6.61 Å². The second-order valence-electron chi connectivity index (χ2n) is 4.98. The van der Waals surface area contributed by atoms with Crippen LogP contribution in [0.15, 0.2) is 42.5 Å². The van der Waals surface area contributed by atoms with Crippen molar-refractivity contribution in [1.29, 1.82) is 0 Å². The summed E-state index contributed by atoms with van der Waals surface area (Å²) in [5.41, 5.74) is 1.53. The van der Waals surface area contributed by atoms with Gasteiger partial charge < -0.3 is 9.84 Å². The highest BCUT2D eigenvalue weighted by molar-refractivity contribution is 5.40. The average molecular weight is 276 g/mol. The van der Waals surface area contributed by atoms with Crippen LogP contribution in [0.2, 0.25) is 0 Å². The van der Waals surface area contributed by atoms with E-state index >= 15 is 0 Å². The lowest BCUT2D eigenvalue weighted by molar-refractivity contribution is 0.129. The Balaban J connectivity index is 1.77. The molecule has 1 heterocycles. The third kappa shape index (κ3) is 2.39. The monoisotopic (exact) mass is 276 g/mol. The minimum atomic E-state index is -0.891. The molecule has 2 atom stereocenters. The van der Waals surface area contributed by atoms with Crippen LogP contribution in [0.1, 0.15) is 17.0 Å². The first-order chi connectivity index (χ1) is 9.65. The van der Waals surface area contributed by atoms with Gasteiger partial charge >= 0.3 is 0 Å². The second kappa shape index (κ2) is 5.21. The first kappa shape index (κ1) is 13.1. The van der Waals surface area contributed by atoms with E-state index in [4.69, 9.17) is 4.74 Å². The molecule has 3 rings (SSSR count). The van der Waals surface area contributed by atoms with Crippen LogP contribution in [0.4, 0.5) is 8.78 Å². The second-order valence-corrected chi connectivity index (χ2v) is 4.98. The molecular formula is C16H14F2O2. The maximum absolute atomic E-state index is 13.2. The number of aliphatic hydroxyl groups excluding tert-OH is 1. The van der Waals surface area contributed by atoms with Gasteiger partial charge in [-0.05, 0) is 30.2 Å². The highest BCUT2D eigenvalue weighted by Crippen LogP contribution is 2.36. The van der Waals surface area contributed by atoms with Crippen LogP contribution < -0.4 is 4.74 Å². The molecule has 1 aliphatic rings. The minimum Gasteiger partial charge on any atom is -0.493 e. The van der Waals surface area contributed by atoms with E-state index in [-0.39, 0.29) is 12.3 Å². The molecule has 4 heteroatoms. The Kier molecular flexibility index (Phi) is 3.40. The third-order valence-electron chi connectivity index (χ3n) is 3.63. The fraction of sp³-hybridized carbons (Fsp3) is 0.250. The fourth-order valence-electron chi connectivity index (χ4n) is 2.56. The van der Waals surface area contributed by atoms with Gasteiger partial charge in [0.25, 0.3) is 0 Å². The smallest absolute Gasteiger partial charge is 0.159 e. The minimum absolute atomic E-state index is 0.140. The quantitative estimate of drug-likeness (QED) is 0.933. The molecule has 2 aromatic rings. The summed E-state index contributed by atoms with van der Waals surface area (Å²) in [6, 6.07) is 11.2. The van der Waals surface area contributed by atoms with Crippen LogP contribution in [0.5, 0.6) is 5.75 Å². The number of ether oxygens (including phenoxy) is 1. The molecule has 0 fully saturated rings. The maximum atomic E-state index is 13.2. The van der Waals surface area contributed by atoms with Crippen LogP contribution >= 0.6 is 0 Å². The zero-order valence-electron chi connectivity index (χ0n) is 10.7. The van der Waals surface area contributed by atoms with Crippen molar-refractivity contribution in [2.24, 2.45) is 0 Å². The Hall–Kier alpha value is -1.94. The van der Waals surface area contributed by atoms with Crippen molar-refractivity contribution in [1.82, 2.24) is 0 Å². The summed E-state index contributed by atoms with van der Waals surface area (Å²) in [6.45, 7) is 0.407. The normalized spacial score (nSPS) is 18.4. The Labute approximate surface area is 115 Å². The van der Waals surface area contributed by atoms with Crippen molar-refractivity contribution in [3.8, 4) is 5.75 Å². The molecule has 104 valence electrons. The standard InChI is InChI=1S/C16H14F2O2/c17-13-6-5-10(7-14(13)18)8-15(19)12-9-20-16-4-2-1-3-11(12)16/h1-7,12,15,19H,8-9H2. The number of benzene rings is 2. The molecule has 2 nitrogen and oxygen atoms in total. The molecule has 0 spiro atoms. The SMILES string of the molecule is OC(Cc1ccc(F)c(F)c1)C1COc2ccccc21. The van der Waals surface area contributed by atoms with Gasteiger partial charge in [0.1, 0.15) is 5.75 Å². The van der Waals surface area contributed by atoms with Crippen LogP contribution in [-0.2, 0) is 6.42 Å².